The molecule has 0 unspecified atom stereocenters. The third-order valence-electron chi connectivity index (χ3n) is 3.27. The summed E-state index contributed by atoms with van der Waals surface area (Å²) in [5, 5.41) is 5.32. The van der Waals surface area contributed by atoms with E-state index in [4.69, 9.17) is 0 Å². The van der Waals surface area contributed by atoms with E-state index in [-0.39, 0.29) is 6.54 Å². The van der Waals surface area contributed by atoms with Crippen molar-refractivity contribution in [1.29, 1.82) is 0 Å². The van der Waals surface area contributed by atoms with Crippen LogP contribution in [0.1, 0.15) is 15.9 Å². The number of benzene rings is 2. The molecule has 0 radical (unpaired) electrons. The summed E-state index contributed by atoms with van der Waals surface area (Å²) in [6.45, 7) is 0.279. The summed E-state index contributed by atoms with van der Waals surface area (Å²) >= 11 is 0. The van der Waals surface area contributed by atoms with E-state index < -0.39 is 22.0 Å². The van der Waals surface area contributed by atoms with Gasteiger partial charge >= 0.3 is 12.0 Å². The molecular weight excluding hydrogens is 358 g/mol. The van der Waals surface area contributed by atoms with Crippen molar-refractivity contribution in [2.45, 2.75) is 6.54 Å². The number of hydrogen-bond acceptors (Lipinski definition) is 5. The molecule has 2 amide bonds. The SMILES string of the molecule is COC(=O)c1ccc(CNC(=O)Nc2ccc(NS(C)(=O)=O)cc2)cc1. The van der Waals surface area contributed by atoms with Gasteiger partial charge in [-0.2, -0.15) is 0 Å². The number of carbonyl (C=O) groups excluding carboxylic acids is 2. The van der Waals surface area contributed by atoms with E-state index in [1.54, 1.807) is 48.5 Å². The van der Waals surface area contributed by atoms with Crippen LogP contribution in [0.3, 0.4) is 0 Å². The van der Waals surface area contributed by atoms with Crippen LogP contribution in [0.15, 0.2) is 48.5 Å². The third-order valence-corrected chi connectivity index (χ3v) is 3.88. The molecular formula is C17H19N3O5S. The predicted molar refractivity (Wildman–Crippen MR) is 98.5 cm³/mol. The predicted octanol–water partition coefficient (Wildman–Crippen LogP) is 2.17. The highest BCUT2D eigenvalue weighted by atomic mass is 32.2. The molecule has 0 aliphatic carbocycles. The number of nitrogens with one attached hydrogen (secondary N) is 3. The lowest BCUT2D eigenvalue weighted by molar-refractivity contribution is 0.0600. The molecule has 0 aliphatic rings. The average Bonchev–Trinajstić information content (AvgIpc) is 2.60. The molecule has 0 aromatic heterocycles. The summed E-state index contributed by atoms with van der Waals surface area (Å²) in [6.07, 6.45) is 1.06. The molecule has 0 heterocycles. The minimum atomic E-state index is -3.34. The van der Waals surface area contributed by atoms with Crippen molar-refractivity contribution in [1.82, 2.24) is 5.32 Å². The highest BCUT2D eigenvalue weighted by Gasteiger charge is 2.06. The minimum absolute atomic E-state index is 0.279. The second kappa shape index (κ2) is 8.34. The summed E-state index contributed by atoms with van der Waals surface area (Å²) in [5.74, 6) is -0.420. The summed E-state index contributed by atoms with van der Waals surface area (Å²) in [6, 6.07) is 12.5. The number of rotatable bonds is 6. The van der Waals surface area contributed by atoms with Crippen LogP contribution >= 0.6 is 0 Å². The standard InChI is InChI=1S/C17H19N3O5S/c1-25-16(21)13-5-3-12(4-6-13)11-18-17(22)19-14-7-9-15(10-8-14)20-26(2,23)24/h3-10,20H,11H2,1-2H3,(H2,18,19,22). The van der Waals surface area contributed by atoms with Gasteiger partial charge in [-0.1, -0.05) is 12.1 Å². The number of urea groups is 1. The first-order valence-electron chi connectivity index (χ1n) is 7.57. The van der Waals surface area contributed by atoms with Gasteiger partial charge in [0.25, 0.3) is 0 Å². The molecule has 0 saturated carbocycles. The van der Waals surface area contributed by atoms with Crippen molar-refractivity contribution in [2.24, 2.45) is 0 Å². The first-order valence-corrected chi connectivity index (χ1v) is 9.46. The molecule has 8 nitrogen and oxygen atoms in total. The van der Waals surface area contributed by atoms with E-state index in [1.807, 2.05) is 0 Å². The van der Waals surface area contributed by atoms with Gasteiger partial charge in [0.1, 0.15) is 0 Å². The zero-order chi connectivity index (χ0) is 19.2. The van der Waals surface area contributed by atoms with E-state index in [2.05, 4.69) is 20.1 Å². The monoisotopic (exact) mass is 377 g/mol. The minimum Gasteiger partial charge on any atom is -0.465 e. The lowest BCUT2D eigenvalue weighted by Gasteiger charge is -2.09. The fourth-order valence-corrected chi connectivity index (χ4v) is 2.63. The summed E-state index contributed by atoms with van der Waals surface area (Å²) in [7, 11) is -2.03. The Labute approximate surface area is 151 Å². The summed E-state index contributed by atoms with van der Waals surface area (Å²) in [5.41, 5.74) is 2.18. The van der Waals surface area contributed by atoms with Gasteiger partial charge in [0.05, 0.1) is 18.9 Å². The Morgan fingerprint density at radius 3 is 2.08 bits per heavy atom. The molecule has 0 saturated heterocycles. The van der Waals surface area contributed by atoms with E-state index >= 15 is 0 Å². The highest BCUT2D eigenvalue weighted by Crippen LogP contribution is 2.14. The third kappa shape index (κ3) is 6.10. The number of esters is 1. The van der Waals surface area contributed by atoms with Crippen molar-refractivity contribution in [3.63, 3.8) is 0 Å². The topological polar surface area (TPSA) is 114 Å². The van der Waals surface area contributed by atoms with E-state index in [1.165, 1.54) is 7.11 Å². The second-order valence-electron chi connectivity index (χ2n) is 5.45. The lowest BCUT2D eigenvalue weighted by Crippen LogP contribution is -2.28. The number of carbonyl (C=O) groups is 2. The summed E-state index contributed by atoms with van der Waals surface area (Å²) < 4.78 is 29.2. The zero-order valence-electron chi connectivity index (χ0n) is 14.3. The Balaban J connectivity index is 1.86. The molecule has 3 N–H and O–H groups in total. The van der Waals surface area contributed by atoms with Crippen molar-refractivity contribution in [3.8, 4) is 0 Å². The van der Waals surface area contributed by atoms with Crippen LogP contribution in [0.2, 0.25) is 0 Å². The van der Waals surface area contributed by atoms with Crippen molar-refractivity contribution >= 4 is 33.4 Å². The fraction of sp³-hybridized carbons (Fsp3) is 0.176. The Hall–Kier alpha value is -3.07. The van der Waals surface area contributed by atoms with Gasteiger partial charge < -0.3 is 15.4 Å². The Bertz CT molecular complexity index is 878. The number of hydrogen-bond donors (Lipinski definition) is 3. The molecule has 2 aromatic carbocycles. The molecule has 26 heavy (non-hydrogen) atoms. The largest absolute Gasteiger partial charge is 0.465 e. The molecule has 9 heteroatoms. The lowest BCUT2D eigenvalue weighted by atomic mass is 10.1. The van der Waals surface area contributed by atoms with Crippen molar-refractivity contribution in [3.05, 3.63) is 59.7 Å². The number of sulfonamides is 1. The highest BCUT2D eigenvalue weighted by molar-refractivity contribution is 7.92. The molecule has 0 spiro atoms. The molecule has 2 rings (SSSR count). The van der Waals surface area contributed by atoms with Crippen LogP contribution in [0, 0.1) is 0 Å². The van der Waals surface area contributed by atoms with Crippen molar-refractivity contribution in [2.75, 3.05) is 23.4 Å². The Kier molecular flexibility index (Phi) is 6.18. The number of ether oxygens (including phenoxy) is 1. The Morgan fingerprint density at radius 2 is 1.54 bits per heavy atom. The van der Waals surface area contributed by atoms with Gasteiger partial charge in [-0.3, -0.25) is 4.72 Å². The first kappa shape index (κ1) is 19.3. The molecule has 0 bridgehead atoms. The van der Waals surface area contributed by atoms with Crippen molar-refractivity contribution < 1.29 is 22.7 Å². The van der Waals surface area contributed by atoms with E-state index in [0.29, 0.717) is 16.9 Å². The van der Waals surface area contributed by atoms with Gasteiger partial charge in [-0.15, -0.1) is 0 Å². The second-order valence-corrected chi connectivity index (χ2v) is 7.20. The number of methoxy groups -OCH3 is 1. The average molecular weight is 377 g/mol. The first-order chi connectivity index (χ1) is 12.3. The van der Waals surface area contributed by atoms with Gasteiger partial charge in [0, 0.05) is 17.9 Å². The van der Waals surface area contributed by atoms with Gasteiger partial charge in [0.15, 0.2) is 0 Å². The number of amides is 2. The number of anilines is 2. The van der Waals surface area contributed by atoms with Crippen LogP contribution in [0.5, 0.6) is 0 Å². The smallest absolute Gasteiger partial charge is 0.337 e. The molecule has 0 fully saturated rings. The van der Waals surface area contributed by atoms with Crippen LogP contribution in [-0.2, 0) is 21.3 Å². The maximum Gasteiger partial charge on any atom is 0.337 e. The van der Waals surface area contributed by atoms with Crippen LogP contribution < -0.4 is 15.4 Å². The molecule has 138 valence electrons. The molecule has 0 atom stereocenters. The van der Waals surface area contributed by atoms with Crippen LogP contribution in [-0.4, -0.2) is 33.8 Å². The summed E-state index contributed by atoms with van der Waals surface area (Å²) in [4.78, 5) is 23.3. The Morgan fingerprint density at radius 1 is 0.962 bits per heavy atom. The van der Waals surface area contributed by atoms with Gasteiger partial charge in [-0.25, -0.2) is 18.0 Å². The maximum absolute atomic E-state index is 11.9. The quantitative estimate of drug-likeness (QED) is 0.668. The molecule has 2 aromatic rings. The van der Waals surface area contributed by atoms with Crippen LogP contribution in [0.4, 0.5) is 16.2 Å². The maximum atomic E-state index is 11.9. The van der Waals surface area contributed by atoms with Gasteiger partial charge in [0.2, 0.25) is 10.0 Å². The normalized spacial score (nSPS) is 10.7. The van der Waals surface area contributed by atoms with E-state index in [9.17, 15) is 18.0 Å². The molecule has 0 aliphatic heterocycles. The van der Waals surface area contributed by atoms with Gasteiger partial charge in [-0.05, 0) is 42.0 Å². The fourth-order valence-electron chi connectivity index (χ4n) is 2.07. The van der Waals surface area contributed by atoms with E-state index in [0.717, 1.165) is 11.8 Å². The van der Waals surface area contributed by atoms with Crippen LogP contribution in [0.25, 0.3) is 0 Å². The zero-order valence-corrected chi connectivity index (χ0v) is 15.1.